The van der Waals surface area contributed by atoms with E-state index in [0.717, 1.165) is 31.2 Å². The Labute approximate surface area is 165 Å². The van der Waals surface area contributed by atoms with Gasteiger partial charge in [0.2, 0.25) is 0 Å². The van der Waals surface area contributed by atoms with Crippen LogP contribution in [0.15, 0.2) is 36.4 Å². The van der Waals surface area contributed by atoms with Crippen LogP contribution >= 0.6 is 0 Å². The van der Waals surface area contributed by atoms with Gasteiger partial charge in [-0.3, -0.25) is 14.7 Å². The first-order chi connectivity index (χ1) is 13.8. The Kier molecular flexibility index (Phi) is 6.56. The molecule has 1 heterocycles. The second-order valence-electron chi connectivity index (χ2n) is 7.16. The van der Waals surface area contributed by atoms with E-state index in [1.807, 2.05) is 30.3 Å². The van der Waals surface area contributed by atoms with Gasteiger partial charge in [0.25, 0.3) is 0 Å². The molecule has 1 aromatic carbocycles. The van der Waals surface area contributed by atoms with Crippen LogP contribution in [0.4, 0.5) is 19.0 Å². The van der Waals surface area contributed by atoms with Crippen LogP contribution in [0.5, 0.6) is 0 Å². The summed E-state index contributed by atoms with van der Waals surface area (Å²) in [5.74, 6) is -2.62. The van der Waals surface area contributed by atoms with Crippen molar-refractivity contribution < 1.29 is 27.5 Å². The molecule has 2 N–H and O–H groups in total. The van der Waals surface area contributed by atoms with E-state index in [2.05, 4.69) is 10.2 Å². The van der Waals surface area contributed by atoms with Gasteiger partial charge in [-0.1, -0.05) is 43.2 Å². The number of carbonyl (C=O) groups is 2. The third kappa shape index (κ3) is 5.82. The lowest BCUT2D eigenvalue weighted by atomic mass is 9.76. The molecule has 0 aliphatic heterocycles. The number of nitrogens with zero attached hydrogens (tertiary/aromatic N) is 1. The molecule has 156 valence electrons. The van der Waals surface area contributed by atoms with Crippen LogP contribution in [-0.4, -0.2) is 28.3 Å². The smallest absolute Gasteiger partial charge is 0.461 e. The molecule has 1 aliphatic carbocycles. The number of halogens is 3. The average Bonchev–Trinajstić information content (AvgIpc) is 3.15. The van der Waals surface area contributed by atoms with Gasteiger partial charge in [-0.25, -0.2) is 0 Å². The van der Waals surface area contributed by atoms with Gasteiger partial charge in [-0.05, 0) is 24.3 Å². The molecule has 2 aromatic rings. The quantitative estimate of drug-likeness (QED) is 0.696. The van der Waals surface area contributed by atoms with Crippen LogP contribution in [0.3, 0.4) is 0 Å². The molecule has 1 fully saturated rings. The molecule has 0 saturated heterocycles. The summed E-state index contributed by atoms with van der Waals surface area (Å²) in [6, 6.07) is 10.8. The highest BCUT2D eigenvalue weighted by Crippen LogP contribution is 2.39. The van der Waals surface area contributed by atoms with E-state index in [1.165, 1.54) is 6.07 Å². The van der Waals surface area contributed by atoms with Gasteiger partial charge in [0.1, 0.15) is 6.61 Å². The normalized spacial score (nSPS) is 19.6. The van der Waals surface area contributed by atoms with Crippen LogP contribution in [0.25, 0.3) is 0 Å². The summed E-state index contributed by atoms with van der Waals surface area (Å²) in [7, 11) is 0. The van der Waals surface area contributed by atoms with Crippen molar-refractivity contribution in [2.45, 2.75) is 50.8 Å². The molecule has 3 rings (SSSR count). The number of esters is 1. The van der Waals surface area contributed by atoms with Crippen LogP contribution in [0, 0.1) is 5.92 Å². The molecule has 1 aliphatic rings. The molecule has 29 heavy (non-hydrogen) atoms. The fourth-order valence-electron chi connectivity index (χ4n) is 3.65. The highest BCUT2D eigenvalue weighted by molar-refractivity contribution is 5.94. The van der Waals surface area contributed by atoms with Crippen LogP contribution in [0.2, 0.25) is 0 Å². The van der Waals surface area contributed by atoms with E-state index in [9.17, 15) is 22.8 Å². The lowest BCUT2D eigenvalue weighted by Gasteiger charge is -2.30. The molecule has 1 saturated carbocycles. The lowest BCUT2D eigenvalue weighted by molar-refractivity contribution is -0.167. The lowest BCUT2D eigenvalue weighted by Crippen LogP contribution is -2.30. The molecule has 0 bridgehead atoms. The van der Waals surface area contributed by atoms with Gasteiger partial charge < -0.3 is 10.1 Å². The maximum Gasteiger partial charge on any atom is 0.471 e. The van der Waals surface area contributed by atoms with Gasteiger partial charge in [0.05, 0.1) is 0 Å². The van der Waals surface area contributed by atoms with Crippen molar-refractivity contribution in [1.82, 2.24) is 10.2 Å². The number of benzene rings is 1. The number of amides is 1. The first-order valence-corrected chi connectivity index (χ1v) is 9.46. The maximum absolute atomic E-state index is 12.4. The van der Waals surface area contributed by atoms with Crippen LogP contribution < -0.4 is 5.32 Å². The summed E-state index contributed by atoms with van der Waals surface area (Å²) >= 11 is 0. The van der Waals surface area contributed by atoms with E-state index in [-0.39, 0.29) is 36.7 Å². The maximum atomic E-state index is 12.4. The summed E-state index contributed by atoms with van der Waals surface area (Å²) in [6.45, 7) is 0.203. The van der Waals surface area contributed by atoms with Gasteiger partial charge in [0.15, 0.2) is 5.82 Å². The second kappa shape index (κ2) is 9.11. The Morgan fingerprint density at radius 2 is 1.90 bits per heavy atom. The summed E-state index contributed by atoms with van der Waals surface area (Å²) in [4.78, 5) is 23.4. The SMILES string of the molecule is O=C(C[C@@H]1CCCC[C@H]1c1cc(NC(=O)C(F)(F)F)n[nH]1)OCc1ccccc1. The van der Waals surface area contributed by atoms with Crippen molar-refractivity contribution in [3.8, 4) is 0 Å². The van der Waals surface area contributed by atoms with Gasteiger partial charge in [-0.15, -0.1) is 0 Å². The molecular weight excluding hydrogens is 387 g/mol. The largest absolute Gasteiger partial charge is 0.471 e. The highest BCUT2D eigenvalue weighted by atomic mass is 19.4. The minimum Gasteiger partial charge on any atom is -0.461 e. The number of hydrogen-bond donors (Lipinski definition) is 2. The van der Waals surface area contributed by atoms with Crippen LogP contribution in [0.1, 0.15) is 49.3 Å². The van der Waals surface area contributed by atoms with Crippen molar-refractivity contribution in [2.24, 2.45) is 5.92 Å². The predicted octanol–water partition coefficient (Wildman–Crippen LogP) is 4.32. The van der Waals surface area contributed by atoms with Gasteiger partial charge >= 0.3 is 18.1 Å². The Bertz CT molecular complexity index is 836. The zero-order valence-electron chi connectivity index (χ0n) is 15.7. The molecule has 9 heteroatoms. The summed E-state index contributed by atoms with van der Waals surface area (Å²) in [5, 5.41) is 8.21. The topological polar surface area (TPSA) is 84.1 Å². The molecule has 2 atom stereocenters. The molecule has 0 unspecified atom stereocenters. The fourth-order valence-corrected chi connectivity index (χ4v) is 3.65. The first-order valence-electron chi connectivity index (χ1n) is 9.46. The number of aromatic nitrogens is 2. The van der Waals surface area contributed by atoms with Crippen molar-refractivity contribution in [1.29, 1.82) is 0 Å². The average molecular weight is 409 g/mol. The molecule has 6 nitrogen and oxygen atoms in total. The highest BCUT2D eigenvalue weighted by Gasteiger charge is 2.39. The van der Waals surface area contributed by atoms with Crippen LogP contribution in [-0.2, 0) is 20.9 Å². The number of aromatic amines is 1. The molecular formula is C20H22F3N3O3. The Balaban J connectivity index is 1.59. The number of rotatable bonds is 6. The minimum absolute atomic E-state index is 0.00126. The standard InChI is InChI=1S/C20H22F3N3O3/c21-20(22,23)19(28)24-17-11-16(25-26-17)15-9-5-4-8-14(15)10-18(27)29-12-13-6-2-1-3-7-13/h1-3,6-7,11,14-15H,4-5,8-10,12H2,(H2,24,25,26,28)/t14-,15+/m0/s1. The van der Waals surface area contributed by atoms with E-state index >= 15 is 0 Å². The van der Waals surface area contributed by atoms with Crippen molar-refractivity contribution in [2.75, 3.05) is 5.32 Å². The van der Waals surface area contributed by atoms with Gasteiger partial charge in [0, 0.05) is 24.1 Å². The molecule has 0 spiro atoms. The van der Waals surface area contributed by atoms with E-state index in [0.29, 0.717) is 5.69 Å². The minimum atomic E-state index is -4.98. The monoisotopic (exact) mass is 409 g/mol. The zero-order valence-corrected chi connectivity index (χ0v) is 15.7. The number of ether oxygens (including phenoxy) is 1. The van der Waals surface area contributed by atoms with Gasteiger partial charge in [-0.2, -0.15) is 18.3 Å². The van der Waals surface area contributed by atoms with E-state index in [1.54, 1.807) is 5.32 Å². The number of carbonyl (C=O) groups excluding carboxylic acids is 2. The van der Waals surface area contributed by atoms with Crippen molar-refractivity contribution in [3.63, 3.8) is 0 Å². The third-order valence-corrected chi connectivity index (χ3v) is 5.08. The Morgan fingerprint density at radius 1 is 1.17 bits per heavy atom. The Hall–Kier alpha value is -2.84. The molecule has 1 amide bonds. The molecule has 0 radical (unpaired) electrons. The number of anilines is 1. The van der Waals surface area contributed by atoms with Crippen molar-refractivity contribution in [3.05, 3.63) is 47.7 Å². The third-order valence-electron chi connectivity index (χ3n) is 5.08. The zero-order chi connectivity index (χ0) is 20.9. The van der Waals surface area contributed by atoms with Crippen molar-refractivity contribution >= 4 is 17.7 Å². The number of H-pyrrole nitrogens is 1. The summed E-state index contributed by atoms with van der Waals surface area (Å²) < 4.78 is 42.6. The predicted molar refractivity (Wildman–Crippen MR) is 98.8 cm³/mol. The summed E-state index contributed by atoms with van der Waals surface area (Å²) in [5.41, 5.74) is 1.52. The number of nitrogens with one attached hydrogen (secondary N) is 2. The number of alkyl halides is 3. The first kappa shape index (κ1) is 20.9. The number of hydrogen-bond acceptors (Lipinski definition) is 4. The second-order valence-corrected chi connectivity index (χ2v) is 7.16. The van der Waals surface area contributed by atoms with E-state index < -0.39 is 12.1 Å². The molecule has 1 aromatic heterocycles. The fraction of sp³-hybridized carbons (Fsp3) is 0.450. The summed E-state index contributed by atoms with van der Waals surface area (Å²) in [6.07, 6.45) is -1.24. The van der Waals surface area contributed by atoms with E-state index in [4.69, 9.17) is 4.74 Å². The Morgan fingerprint density at radius 3 is 2.62 bits per heavy atom.